The normalized spacial score (nSPS) is 12.0. The number of thioether (sulfide) groups is 1. The summed E-state index contributed by atoms with van der Waals surface area (Å²) in [5, 5.41) is 2.25. The van der Waals surface area contributed by atoms with Gasteiger partial charge in [0.1, 0.15) is 10.8 Å². The molecule has 0 aliphatic heterocycles. The van der Waals surface area contributed by atoms with E-state index in [2.05, 4.69) is 76.2 Å². The van der Waals surface area contributed by atoms with Crippen LogP contribution in [0.1, 0.15) is 19.4 Å². The van der Waals surface area contributed by atoms with E-state index in [1.165, 1.54) is 16.5 Å². The Morgan fingerprint density at radius 1 is 1.04 bits per heavy atom. The summed E-state index contributed by atoms with van der Waals surface area (Å²) in [5.74, 6) is 1.83. The molecule has 3 rings (SSSR count). The van der Waals surface area contributed by atoms with Crippen molar-refractivity contribution in [2.45, 2.75) is 31.3 Å². The standard InChI is InChI=1S/C23H28N2OS/c1-16-17-11-7-9-13-19(17)24-22(27-15-23(2,3)25(4)5)21(16)18-12-8-10-14-20(18)26-6/h7-14H,15H2,1-6H3. The second kappa shape index (κ2) is 7.91. The number of aromatic nitrogens is 1. The molecule has 0 amide bonds. The fourth-order valence-electron chi connectivity index (χ4n) is 3.00. The molecule has 142 valence electrons. The fourth-order valence-corrected chi connectivity index (χ4v) is 4.31. The van der Waals surface area contributed by atoms with Crippen LogP contribution in [0.15, 0.2) is 53.6 Å². The van der Waals surface area contributed by atoms with Crippen molar-refractivity contribution in [3.8, 4) is 16.9 Å². The summed E-state index contributed by atoms with van der Waals surface area (Å²) < 4.78 is 5.66. The summed E-state index contributed by atoms with van der Waals surface area (Å²) in [7, 11) is 5.98. The smallest absolute Gasteiger partial charge is 0.126 e. The second-order valence-corrected chi connectivity index (χ2v) is 8.59. The van der Waals surface area contributed by atoms with Gasteiger partial charge in [-0.1, -0.05) is 36.4 Å². The van der Waals surface area contributed by atoms with Gasteiger partial charge in [-0.15, -0.1) is 11.8 Å². The molecule has 0 aliphatic rings. The first-order chi connectivity index (χ1) is 12.8. The van der Waals surface area contributed by atoms with Crippen LogP contribution in [0.4, 0.5) is 0 Å². The number of nitrogens with zero attached hydrogens (tertiary/aromatic N) is 2. The molecule has 0 aliphatic carbocycles. The van der Waals surface area contributed by atoms with Gasteiger partial charge in [0.15, 0.2) is 0 Å². The highest BCUT2D eigenvalue weighted by Gasteiger charge is 2.23. The minimum absolute atomic E-state index is 0.0734. The van der Waals surface area contributed by atoms with E-state index >= 15 is 0 Å². The highest BCUT2D eigenvalue weighted by molar-refractivity contribution is 7.99. The Labute approximate surface area is 166 Å². The number of pyridine rings is 1. The van der Waals surface area contributed by atoms with Crippen LogP contribution >= 0.6 is 11.8 Å². The predicted molar refractivity (Wildman–Crippen MR) is 117 cm³/mol. The van der Waals surface area contributed by atoms with Crippen LogP contribution < -0.4 is 4.74 Å². The van der Waals surface area contributed by atoms with E-state index in [4.69, 9.17) is 9.72 Å². The lowest BCUT2D eigenvalue weighted by atomic mass is 9.98. The molecule has 0 fully saturated rings. The Kier molecular flexibility index (Phi) is 5.78. The molecule has 0 atom stereocenters. The maximum Gasteiger partial charge on any atom is 0.126 e. The van der Waals surface area contributed by atoms with Crippen molar-refractivity contribution >= 4 is 22.7 Å². The van der Waals surface area contributed by atoms with Crippen molar-refractivity contribution in [3.63, 3.8) is 0 Å². The molecule has 0 unspecified atom stereocenters. The Morgan fingerprint density at radius 2 is 1.70 bits per heavy atom. The summed E-state index contributed by atoms with van der Waals surface area (Å²) in [4.78, 5) is 7.30. The Bertz CT molecular complexity index is 950. The quantitative estimate of drug-likeness (QED) is 0.516. The molecule has 2 aromatic carbocycles. The van der Waals surface area contributed by atoms with Crippen molar-refractivity contribution < 1.29 is 4.74 Å². The van der Waals surface area contributed by atoms with Gasteiger partial charge in [-0.2, -0.15) is 0 Å². The number of rotatable bonds is 6. The van der Waals surface area contributed by atoms with Crippen LogP contribution in [0.2, 0.25) is 0 Å². The molecular formula is C23H28N2OS. The zero-order valence-corrected chi connectivity index (χ0v) is 17.9. The van der Waals surface area contributed by atoms with Crippen LogP contribution in [0.5, 0.6) is 5.75 Å². The fraction of sp³-hybridized carbons (Fsp3) is 0.348. The molecule has 0 saturated heterocycles. The third-order valence-electron chi connectivity index (χ3n) is 5.27. The van der Waals surface area contributed by atoms with Gasteiger partial charge in [0.25, 0.3) is 0 Å². The predicted octanol–water partition coefficient (Wildman–Crippen LogP) is 5.65. The molecular weight excluding hydrogens is 352 g/mol. The van der Waals surface area contributed by atoms with Gasteiger partial charge in [0, 0.05) is 27.8 Å². The summed E-state index contributed by atoms with van der Waals surface area (Å²) in [6, 6.07) is 16.6. The third kappa shape index (κ3) is 3.97. The molecule has 0 bridgehead atoms. The average molecular weight is 381 g/mol. The van der Waals surface area contributed by atoms with Gasteiger partial charge in [-0.05, 0) is 52.6 Å². The lowest BCUT2D eigenvalue weighted by Crippen LogP contribution is -2.40. The Morgan fingerprint density at radius 3 is 2.41 bits per heavy atom. The van der Waals surface area contributed by atoms with Crippen LogP contribution in [0.3, 0.4) is 0 Å². The zero-order valence-electron chi connectivity index (χ0n) is 17.0. The second-order valence-electron chi connectivity index (χ2n) is 7.63. The molecule has 3 aromatic rings. The summed E-state index contributed by atoms with van der Waals surface area (Å²) in [6.45, 7) is 6.71. The van der Waals surface area contributed by atoms with E-state index in [-0.39, 0.29) is 5.54 Å². The van der Waals surface area contributed by atoms with Gasteiger partial charge in [0.2, 0.25) is 0 Å². The molecule has 27 heavy (non-hydrogen) atoms. The lowest BCUT2D eigenvalue weighted by Gasteiger charge is -2.32. The number of fused-ring (bicyclic) bond motifs is 1. The number of hydrogen-bond acceptors (Lipinski definition) is 4. The van der Waals surface area contributed by atoms with Crippen molar-refractivity contribution in [1.29, 1.82) is 0 Å². The van der Waals surface area contributed by atoms with Crippen molar-refractivity contribution in [1.82, 2.24) is 9.88 Å². The van der Waals surface area contributed by atoms with E-state index < -0.39 is 0 Å². The van der Waals surface area contributed by atoms with Crippen molar-refractivity contribution in [3.05, 3.63) is 54.1 Å². The van der Waals surface area contributed by atoms with Crippen LogP contribution in [0, 0.1) is 6.92 Å². The number of aryl methyl sites for hydroxylation is 1. The summed E-state index contributed by atoms with van der Waals surface area (Å²) >= 11 is 1.82. The lowest BCUT2D eigenvalue weighted by molar-refractivity contribution is 0.224. The van der Waals surface area contributed by atoms with E-state index in [0.29, 0.717) is 0 Å². The maximum absolute atomic E-state index is 5.66. The van der Waals surface area contributed by atoms with Crippen molar-refractivity contribution in [2.24, 2.45) is 0 Å². The topological polar surface area (TPSA) is 25.4 Å². The third-order valence-corrected chi connectivity index (χ3v) is 6.69. The number of hydrogen-bond donors (Lipinski definition) is 0. The first-order valence-electron chi connectivity index (χ1n) is 9.18. The largest absolute Gasteiger partial charge is 0.496 e. The highest BCUT2D eigenvalue weighted by atomic mass is 32.2. The molecule has 4 heteroatoms. The number of methoxy groups -OCH3 is 1. The first-order valence-corrected chi connectivity index (χ1v) is 10.2. The van der Waals surface area contributed by atoms with Gasteiger partial charge in [-0.3, -0.25) is 0 Å². The number of para-hydroxylation sites is 2. The molecule has 1 heterocycles. The monoisotopic (exact) mass is 380 g/mol. The summed E-state index contributed by atoms with van der Waals surface area (Å²) in [5.41, 5.74) is 4.63. The maximum atomic E-state index is 5.66. The molecule has 0 radical (unpaired) electrons. The molecule has 1 aromatic heterocycles. The molecule has 0 N–H and O–H groups in total. The van der Waals surface area contributed by atoms with Crippen LogP contribution in [-0.4, -0.2) is 42.4 Å². The molecule has 0 spiro atoms. The van der Waals surface area contributed by atoms with Crippen LogP contribution in [0.25, 0.3) is 22.0 Å². The van der Waals surface area contributed by atoms with Gasteiger partial charge >= 0.3 is 0 Å². The Balaban J connectivity index is 2.19. The zero-order chi connectivity index (χ0) is 19.6. The average Bonchev–Trinajstić information content (AvgIpc) is 2.66. The SMILES string of the molecule is COc1ccccc1-c1c(SCC(C)(C)N(C)C)nc2ccccc2c1C. The number of benzene rings is 2. The van der Waals surface area contributed by atoms with Gasteiger partial charge in [0.05, 0.1) is 12.6 Å². The van der Waals surface area contributed by atoms with E-state index in [0.717, 1.165) is 27.6 Å². The van der Waals surface area contributed by atoms with E-state index in [1.807, 2.05) is 23.9 Å². The first kappa shape index (κ1) is 19.7. The van der Waals surface area contributed by atoms with Crippen LogP contribution in [-0.2, 0) is 0 Å². The Hall–Kier alpha value is -2.04. The minimum atomic E-state index is 0.0734. The summed E-state index contributed by atoms with van der Waals surface area (Å²) in [6.07, 6.45) is 0. The van der Waals surface area contributed by atoms with Gasteiger partial charge < -0.3 is 9.64 Å². The molecule has 3 nitrogen and oxygen atoms in total. The minimum Gasteiger partial charge on any atom is -0.496 e. The highest BCUT2D eigenvalue weighted by Crippen LogP contribution is 2.41. The van der Waals surface area contributed by atoms with Crippen molar-refractivity contribution in [2.75, 3.05) is 27.0 Å². The van der Waals surface area contributed by atoms with Gasteiger partial charge in [-0.25, -0.2) is 4.98 Å². The van der Waals surface area contributed by atoms with E-state index in [9.17, 15) is 0 Å². The number of ether oxygens (including phenoxy) is 1. The van der Waals surface area contributed by atoms with E-state index in [1.54, 1.807) is 7.11 Å². The molecule has 0 saturated carbocycles.